The molecule has 4 nitrogen and oxygen atoms in total. The topological polar surface area (TPSA) is 59.1 Å². The maximum Gasteiger partial charge on any atom is 0.181 e. The number of carbonyl (C=O) groups is 2. The minimum absolute atomic E-state index is 0.0812. The largest absolute Gasteiger partial charge is 0.360 e. The molecule has 1 heterocycles. The molecule has 0 fully saturated rings. The Labute approximate surface area is 159 Å². The first-order valence-corrected chi connectivity index (χ1v) is 9.19. The third kappa shape index (κ3) is 4.31. The number of pyridine rings is 1. The number of Topliss-reactive ketones (excluding diaryl/α,β-unsaturated/α-hetero) is 2. The van der Waals surface area contributed by atoms with Crippen molar-refractivity contribution in [2.24, 2.45) is 0 Å². The number of benzene rings is 1. The van der Waals surface area contributed by atoms with Gasteiger partial charge in [0.25, 0.3) is 0 Å². The molecule has 0 bridgehead atoms. The van der Waals surface area contributed by atoms with Crippen molar-refractivity contribution in [3.05, 3.63) is 46.0 Å². The minimum Gasteiger partial charge on any atom is -0.360 e. The van der Waals surface area contributed by atoms with E-state index in [1.54, 1.807) is 19.9 Å². The number of nitrogens with one attached hydrogen (secondary N) is 1. The Kier molecular flexibility index (Phi) is 6.54. The second kappa shape index (κ2) is 8.45. The molecule has 0 aliphatic heterocycles. The monoisotopic (exact) mass is 372 g/mol. The van der Waals surface area contributed by atoms with Gasteiger partial charge in [0.05, 0.1) is 16.6 Å². The zero-order valence-corrected chi connectivity index (χ0v) is 16.7. The summed E-state index contributed by atoms with van der Waals surface area (Å²) in [5, 5.41) is 4.71. The van der Waals surface area contributed by atoms with E-state index in [1.807, 2.05) is 32.0 Å². The van der Waals surface area contributed by atoms with Gasteiger partial charge in [0.1, 0.15) is 5.82 Å². The predicted molar refractivity (Wildman–Crippen MR) is 108 cm³/mol. The molecule has 26 heavy (non-hydrogen) atoms. The van der Waals surface area contributed by atoms with E-state index in [9.17, 15) is 9.59 Å². The van der Waals surface area contributed by atoms with Gasteiger partial charge in [0.15, 0.2) is 11.6 Å². The van der Waals surface area contributed by atoms with Gasteiger partial charge < -0.3 is 5.32 Å². The van der Waals surface area contributed by atoms with Gasteiger partial charge in [0.2, 0.25) is 0 Å². The molecule has 0 radical (unpaired) electrons. The van der Waals surface area contributed by atoms with Crippen LogP contribution in [0.3, 0.4) is 0 Å². The first kappa shape index (κ1) is 20.1. The summed E-state index contributed by atoms with van der Waals surface area (Å²) in [6, 6.07) is 7.16. The van der Waals surface area contributed by atoms with Crippen LogP contribution in [0.5, 0.6) is 0 Å². The van der Waals surface area contributed by atoms with Gasteiger partial charge in [-0.05, 0) is 51.3 Å². The molecule has 0 spiro atoms. The van der Waals surface area contributed by atoms with E-state index in [0.717, 1.165) is 22.9 Å². The Balaban J connectivity index is 2.40. The molecule has 1 atom stereocenters. The molecule has 1 N–H and O–H groups in total. The van der Waals surface area contributed by atoms with Gasteiger partial charge in [-0.15, -0.1) is 0 Å². The number of para-hydroxylation sites is 1. The van der Waals surface area contributed by atoms with Crippen molar-refractivity contribution in [1.29, 1.82) is 0 Å². The Morgan fingerprint density at radius 1 is 1.19 bits per heavy atom. The van der Waals surface area contributed by atoms with Crippen LogP contribution in [-0.4, -0.2) is 22.6 Å². The molecule has 1 unspecified atom stereocenters. The van der Waals surface area contributed by atoms with Crippen LogP contribution < -0.4 is 5.32 Å². The number of rotatable bonds is 7. The zero-order valence-electron chi connectivity index (χ0n) is 15.9. The summed E-state index contributed by atoms with van der Waals surface area (Å²) in [6.07, 6.45) is 1.47. The van der Waals surface area contributed by atoms with E-state index in [0.29, 0.717) is 28.4 Å². The van der Waals surface area contributed by atoms with Crippen LogP contribution in [0.1, 0.15) is 46.1 Å². The molecule has 5 heteroatoms. The van der Waals surface area contributed by atoms with Crippen molar-refractivity contribution >= 4 is 39.9 Å². The molecule has 0 amide bonds. The quantitative estimate of drug-likeness (QED) is 0.672. The highest BCUT2D eigenvalue weighted by atomic mass is 35.5. The van der Waals surface area contributed by atoms with Gasteiger partial charge in [-0.3, -0.25) is 9.59 Å². The van der Waals surface area contributed by atoms with Crippen LogP contribution >= 0.6 is 11.6 Å². The van der Waals surface area contributed by atoms with Crippen molar-refractivity contribution < 1.29 is 9.59 Å². The fourth-order valence-corrected chi connectivity index (χ4v) is 3.13. The van der Waals surface area contributed by atoms with Crippen LogP contribution in [0.25, 0.3) is 10.9 Å². The van der Waals surface area contributed by atoms with E-state index in [2.05, 4.69) is 10.3 Å². The summed E-state index contributed by atoms with van der Waals surface area (Å²) in [5.41, 5.74) is 2.83. The number of halogens is 1. The van der Waals surface area contributed by atoms with E-state index in [1.165, 1.54) is 6.92 Å². The summed E-state index contributed by atoms with van der Waals surface area (Å²) in [5.74, 6) is 0.396. The maximum absolute atomic E-state index is 12.9. The summed E-state index contributed by atoms with van der Waals surface area (Å²) in [4.78, 5) is 29.1. The smallest absolute Gasteiger partial charge is 0.181 e. The zero-order chi connectivity index (χ0) is 19.4. The van der Waals surface area contributed by atoms with E-state index in [4.69, 9.17) is 11.6 Å². The number of aryl methyl sites for hydroxylation is 1. The Bertz CT molecular complexity index is 887. The lowest BCUT2D eigenvalue weighted by Crippen LogP contribution is -2.31. The standard InChI is InChI=1S/C21H25ClN2O2/c1-6-8-18(21(26)14(4)13(3)15(5)25)23-19-11-17(22)16-10-7-9-12(2)20(16)24-19/h7,9-11,18H,6,8H2,1-5H3,(H,23,24)/b14-13-. The lowest BCUT2D eigenvalue weighted by Gasteiger charge is -2.19. The van der Waals surface area contributed by atoms with Gasteiger partial charge >= 0.3 is 0 Å². The van der Waals surface area contributed by atoms with E-state index < -0.39 is 6.04 Å². The summed E-state index contributed by atoms with van der Waals surface area (Å²) >= 11 is 6.41. The second-order valence-corrected chi connectivity index (χ2v) is 7.02. The SMILES string of the molecule is CCCC(Nc1cc(Cl)c2cccc(C)c2n1)C(=O)/C(C)=C(/C)C(C)=O. The molecular formula is C21H25ClN2O2. The number of fused-ring (bicyclic) bond motifs is 1. The normalized spacial score (nSPS) is 13.3. The molecule has 0 saturated heterocycles. The van der Waals surface area contributed by atoms with Crippen molar-refractivity contribution in [1.82, 2.24) is 4.98 Å². The molecule has 138 valence electrons. The molecule has 0 saturated carbocycles. The lowest BCUT2D eigenvalue weighted by molar-refractivity contribution is -0.117. The maximum atomic E-state index is 12.9. The van der Waals surface area contributed by atoms with E-state index >= 15 is 0 Å². The molecule has 0 aliphatic rings. The molecule has 1 aromatic heterocycles. The van der Waals surface area contributed by atoms with Crippen molar-refractivity contribution in [3.8, 4) is 0 Å². The molecule has 2 rings (SSSR count). The molecule has 2 aromatic rings. The molecular weight excluding hydrogens is 348 g/mol. The van der Waals surface area contributed by atoms with Gasteiger partial charge in [-0.2, -0.15) is 0 Å². The fraction of sp³-hybridized carbons (Fsp3) is 0.381. The summed E-state index contributed by atoms with van der Waals surface area (Å²) in [6.45, 7) is 8.86. The lowest BCUT2D eigenvalue weighted by atomic mass is 9.96. The second-order valence-electron chi connectivity index (χ2n) is 6.62. The number of ketones is 2. The van der Waals surface area contributed by atoms with Crippen molar-refractivity contribution in [2.75, 3.05) is 5.32 Å². The Morgan fingerprint density at radius 3 is 2.50 bits per heavy atom. The van der Waals surface area contributed by atoms with Crippen molar-refractivity contribution in [2.45, 2.75) is 53.5 Å². The Hall–Kier alpha value is -2.20. The van der Waals surface area contributed by atoms with Crippen molar-refractivity contribution in [3.63, 3.8) is 0 Å². The summed E-state index contributed by atoms with van der Waals surface area (Å²) in [7, 11) is 0. The number of carbonyl (C=O) groups excluding carboxylic acids is 2. The van der Waals surface area contributed by atoms with Gasteiger partial charge in [0, 0.05) is 11.0 Å². The average Bonchev–Trinajstić information content (AvgIpc) is 2.60. The number of anilines is 1. The highest BCUT2D eigenvalue weighted by molar-refractivity contribution is 6.35. The van der Waals surface area contributed by atoms with Gasteiger partial charge in [-0.25, -0.2) is 4.98 Å². The third-order valence-electron chi connectivity index (χ3n) is 4.67. The number of aromatic nitrogens is 1. The average molecular weight is 373 g/mol. The van der Waals surface area contributed by atoms with Crippen LogP contribution in [0, 0.1) is 6.92 Å². The third-order valence-corrected chi connectivity index (χ3v) is 4.98. The highest BCUT2D eigenvalue weighted by Crippen LogP contribution is 2.28. The number of hydrogen-bond acceptors (Lipinski definition) is 4. The molecule has 1 aromatic carbocycles. The van der Waals surface area contributed by atoms with E-state index in [-0.39, 0.29) is 11.6 Å². The minimum atomic E-state index is -0.445. The fourth-order valence-electron chi connectivity index (χ4n) is 2.87. The predicted octanol–water partition coefficient (Wildman–Crippen LogP) is 5.27. The number of hydrogen-bond donors (Lipinski definition) is 1. The first-order valence-electron chi connectivity index (χ1n) is 8.81. The van der Waals surface area contributed by atoms with Crippen LogP contribution in [-0.2, 0) is 9.59 Å². The summed E-state index contributed by atoms with van der Waals surface area (Å²) < 4.78 is 0. The number of allylic oxidation sites excluding steroid dienone is 1. The van der Waals surface area contributed by atoms with Crippen LogP contribution in [0.2, 0.25) is 5.02 Å². The number of nitrogens with zero attached hydrogens (tertiary/aromatic N) is 1. The first-order chi connectivity index (χ1) is 12.3. The molecule has 0 aliphatic carbocycles. The van der Waals surface area contributed by atoms with Gasteiger partial charge in [-0.1, -0.05) is 43.1 Å². The van der Waals surface area contributed by atoms with Crippen LogP contribution in [0.4, 0.5) is 5.82 Å². The Morgan fingerprint density at radius 2 is 1.88 bits per heavy atom. The highest BCUT2D eigenvalue weighted by Gasteiger charge is 2.22. The van der Waals surface area contributed by atoms with Crippen LogP contribution in [0.15, 0.2) is 35.4 Å².